The van der Waals surface area contributed by atoms with Gasteiger partial charge in [-0.3, -0.25) is 0 Å². The van der Waals surface area contributed by atoms with Gasteiger partial charge in [-0.1, -0.05) is 146 Å². The van der Waals surface area contributed by atoms with Crippen molar-refractivity contribution in [3.05, 3.63) is 194 Å². The minimum absolute atomic E-state index is 1.17. The van der Waals surface area contributed by atoms with Crippen LogP contribution in [0.2, 0.25) is 0 Å². The molecule has 2 nitrogen and oxygen atoms in total. The van der Waals surface area contributed by atoms with Gasteiger partial charge in [0.2, 0.25) is 0 Å². The Hall–Kier alpha value is -6.64. The van der Waals surface area contributed by atoms with Crippen LogP contribution in [-0.2, 0) is 0 Å². The SMILES string of the molecule is c1ccc(-c2ccc(-c3ccccc3)c(-n3c4ccccc4c4ccc(-c5ccc6c(c5)c5ccccc5n6-c5ccccc5)cc43)c2)cc1. The fraction of sp³-hybridized carbons (Fsp3) is 0. The van der Waals surface area contributed by atoms with Crippen LogP contribution in [0.4, 0.5) is 0 Å². The van der Waals surface area contributed by atoms with Gasteiger partial charge in [0.1, 0.15) is 0 Å². The van der Waals surface area contributed by atoms with Crippen LogP contribution >= 0.6 is 0 Å². The first kappa shape index (κ1) is 28.4. The normalized spacial score (nSPS) is 11.6. The minimum atomic E-state index is 1.17. The molecule has 0 spiro atoms. The van der Waals surface area contributed by atoms with Crippen LogP contribution in [0.25, 0.3) is 88.4 Å². The lowest BCUT2D eigenvalue weighted by molar-refractivity contribution is 1.18. The average Bonchev–Trinajstić information content (AvgIpc) is 3.71. The van der Waals surface area contributed by atoms with E-state index in [1.54, 1.807) is 0 Å². The molecule has 0 unspecified atom stereocenters. The molecule has 0 aliphatic carbocycles. The summed E-state index contributed by atoms with van der Waals surface area (Å²) >= 11 is 0. The van der Waals surface area contributed by atoms with Crippen molar-refractivity contribution >= 4 is 43.6 Å². The summed E-state index contributed by atoms with van der Waals surface area (Å²) in [7, 11) is 0. The molecule has 0 aliphatic rings. The molecule has 2 heteroatoms. The highest BCUT2D eigenvalue weighted by atomic mass is 15.0. The molecule has 50 heavy (non-hydrogen) atoms. The van der Waals surface area contributed by atoms with Gasteiger partial charge in [0.15, 0.2) is 0 Å². The highest BCUT2D eigenvalue weighted by Crippen LogP contribution is 2.41. The van der Waals surface area contributed by atoms with Crippen LogP contribution in [0.3, 0.4) is 0 Å². The molecule has 10 rings (SSSR count). The summed E-state index contributed by atoms with van der Waals surface area (Å²) in [5.41, 5.74) is 14.4. The van der Waals surface area contributed by atoms with Gasteiger partial charge in [-0.05, 0) is 76.3 Å². The number of hydrogen-bond acceptors (Lipinski definition) is 0. The maximum atomic E-state index is 2.47. The molecule has 2 aromatic heterocycles. The lowest BCUT2D eigenvalue weighted by atomic mass is 9.97. The van der Waals surface area contributed by atoms with Crippen LogP contribution in [0.15, 0.2) is 194 Å². The van der Waals surface area contributed by atoms with Gasteiger partial charge in [0, 0.05) is 32.8 Å². The first-order valence-corrected chi connectivity index (χ1v) is 17.2. The quantitative estimate of drug-likeness (QED) is 0.178. The van der Waals surface area contributed by atoms with Gasteiger partial charge < -0.3 is 9.13 Å². The molecule has 0 saturated carbocycles. The fourth-order valence-corrected chi connectivity index (χ4v) is 7.81. The van der Waals surface area contributed by atoms with E-state index in [2.05, 4.69) is 203 Å². The van der Waals surface area contributed by atoms with Crippen molar-refractivity contribution in [2.24, 2.45) is 0 Å². The molecular weight excluding hydrogens is 605 g/mol. The van der Waals surface area contributed by atoms with E-state index in [0.717, 1.165) is 0 Å². The number of rotatable bonds is 5. The largest absolute Gasteiger partial charge is 0.309 e. The number of benzene rings is 8. The highest BCUT2D eigenvalue weighted by Gasteiger charge is 2.18. The molecule has 0 aliphatic heterocycles. The average molecular weight is 637 g/mol. The molecule has 0 radical (unpaired) electrons. The maximum Gasteiger partial charge on any atom is 0.0547 e. The van der Waals surface area contributed by atoms with E-state index in [9.17, 15) is 0 Å². The summed E-state index contributed by atoms with van der Waals surface area (Å²) in [6, 6.07) is 70.5. The first-order chi connectivity index (χ1) is 24.8. The minimum Gasteiger partial charge on any atom is -0.309 e. The standard InChI is InChI=1S/C48H32N2/c1-4-14-33(15-5-1)36-24-27-39(34-16-6-2-7-17-34)47(31-36)50-45-23-13-10-20-40(45)42-28-25-37(32-48(42)50)35-26-29-46-43(30-35)41-21-11-12-22-44(41)49(46)38-18-8-3-9-19-38/h1-32H. The Balaban J connectivity index is 1.22. The summed E-state index contributed by atoms with van der Waals surface area (Å²) in [6.45, 7) is 0. The van der Waals surface area contributed by atoms with Gasteiger partial charge >= 0.3 is 0 Å². The Labute approximate surface area is 290 Å². The summed E-state index contributed by atoms with van der Waals surface area (Å²) in [5, 5.41) is 5.01. The zero-order chi connectivity index (χ0) is 33.0. The van der Waals surface area contributed by atoms with Gasteiger partial charge in [-0.15, -0.1) is 0 Å². The van der Waals surface area contributed by atoms with Crippen molar-refractivity contribution < 1.29 is 0 Å². The van der Waals surface area contributed by atoms with Gasteiger partial charge in [-0.2, -0.15) is 0 Å². The Morgan fingerprint density at radius 1 is 0.260 bits per heavy atom. The monoisotopic (exact) mass is 636 g/mol. The third-order valence-electron chi connectivity index (χ3n) is 10.1. The predicted molar refractivity (Wildman–Crippen MR) is 211 cm³/mol. The second-order valence-corrected chi connectivity index (χ2v) is 13.0. The smallest absolute Gasteiger partial charge is 0.0547 e. The molecule has 0 fully saturated rings. The van der Waals surface area contributed by atoms with E-state index < -0.39 is 0 Å². The van der Waals surface area contributed by atoms with Crippen LogP contribution < -0.4 is 0 Å². The van der Waals surface area contributed by atoms with Gasteiger partial charge in [-0.25, -0.2) is 0 Å². The second kappa shape index (κ2) is 11.5. The second-order valence-electron chi connectivity index (χ2n) is 13.0. The Bertz CT molecular complexity index is 2840. The topological polar surface area (TPSA) is 9.86 Å². The zero-order valence-electron chi connectivity index (χ0n) is 27.4. The number of para-hydroxylation sites is 3. The van der Waals surface area contributed by atoms with Crippen LogP contribution in [0.1, 0.15) is 0 Å². The van der Waals surface area contributed by atoms with Crippen LogP contribution in [-0.4, -0.2) is 9.13 Å². The lowest BCUT2D eigenvalue weighted by Crippen LogP contribution is -1.98. The van der Waals surface area contributed by atoms with Crippen molar-refractivity contribution in [1.82, 2.24) is 9.13 Å². The molecule has 0 amide bonds. The lowest BCUT2D eigenvalue weighted by Gasteiger charge is -2.16. The molecule has 234 valence electrons. The molecule has 2 heterocycles. The third kappa shape index (κ3) is 4.50. The predicted octanol–water partition coefficient (Wildman–Crippen LogP) is 12.9. The van der Waals surface area contributed by atoms with Crippen molar-refractivity contribution in [3.63, 3.8) is 0 Å². The molecular formula is C48H32N2. The molecule has 8 aromatic carbocycles. The molecule has 0 bridgehead atoms. The van der Waals surface area contributed by atoms with Crippen LogP contribution in [0, 0.1) is 0 Å². The van der Waals surface area contributed by atoms with E-state index >= 15 is 0 Å². The van der Waals surface area contributed by atoms with E-state index in [4.69, 9.17) is 0 Å². The Morgan fingerprint density at radius 3 is 1.50 bits per heavy atom. The fourth-order valence-electron chi connectivity index (χ4n) is 7.81. The number of hydrogen-bond donors (Lipinski definition) is 0. The Morgan fingerprint density at radius 2 is 0.760 bits per heavy atom. The van der Waals surface area contributed by atoms with Crippen molar-refractivity contribution in [2.45, 2.75) is 0 Å². The molecule has 0 saturated heterocycles. The maximum absolute atomic E-state index is 2.47. The highest BCUT2D eigenvalue weighted by molar-refractivity contribution is 6.12. The summed E-state index contributed by atoms with van der Waals surface area (Å²) in [5.74, 6) is 0. The Kier molecular flexibility index (Phi) is 6.53. The van der Waals surface area contributed by atoms with Crippen molar-refractivity contribution in [2.75, 3.05) is 0 Å². The summed E-state index contributed by atoms with van der Waals surface area (Å²) in [4.78, 5) is 0. The number of nitrogens with zero attached hydrogens (tertiary/aromatic N) is 2. The van der Waals surface area contributed by atoms with E-state index in [0.29, 0.717) is 0 Å². The van der Waals surface area contributed by atoms with E-state index in [1.807, 2.05) is 0 Å². The molecule has 10 aromatic rings. The van der Waals surface area contributed by atoms with Gasteiger partial charge in [0.05, 0.1) is 27.8 Å². The van der Waals surface area contributed by atoms with Crippen molar-refractivity contribution in [1.29, 1.82) is 0 Å². The molecule has 0 N–H and O–H groups in total. The molecule has 0 atom stereocenters. The number of aromatic nitrogens is 2. The van der Waals surface area contributed by atoms with Crippen molar-refractivity contribution in [3.8, 4) is 44.8 Å². The first-order valence-electron chi connectivity index (χ1n) is 17.2. The number of fused-ring (bicyclic) bond motifs is 6. The summed E-state index contributed by atoms with van der Waals surface area (Å²) in [6.07, 6.45) is 0. The van der Waals surface area contributed by atoms with Gasteiger partial charge in [0.25, 0.3) is 0 Å². The van der Waals surface area contributed by atoms with E-state index in [-0.39, 0.29) is 0 Å². The summed E-state index contributed by atoms with van der Waals surface area (Å²) < 4.78 is 4.85. The van der Waals surface area contributed by atoms with Crippen LogP contribution in [0.5, 0.6) is 0 Å². The third-order valence-corrected chi connectivity index (χ3v) is 10.1. The van der Waals surface area contributed by atoms with E-state index in [1.165, 1.54) is 88.4 Å². The zero-order valence-corrected chi connectivity index (χ0v) is 27.4.